The van der Waals surface area contributed by atoms with E-state index in [-0.39, 0.29) is 18.5 Å². The molecule has 0 aromatic rings. The lowest BCUT2D eigenvalue weighted by atomic mass is 10.1. The summed E-state index contributed by atoms with van der Waals surface area (Å²) in [5.41, 5.74) is 0. The van der Waals surface area contributed by atoms with Crippen molar-refractivity contribution < 1.29 is 14.7 Å². The van der Waals surface area contributed by atoms with Crippen LogP contribution in [0.4, 0.5) is 4.79 Å². The van der Waals surface area contributed by atoms with Gasteiger partial charge in [0.25, 0.3) is 0 Å². The molecule has 5 nitrogen and oxygen atoms in total. The second-order valence-corrected chi connectivity index (χ2v) is 3.63. The van der Waals surface area contributed by atoms with Gasteiger partial charge in [-0.05, 0) is 13.3 Å². The smallest absolute Gasteiger partial charge is 0.315 e. The molecular formula is C11H18N2O3. The van der Waals surface area contributed by atoms with E-state index in [1.54, 1.807) is 6.92 Å². The number of nitrogens with one attached hydrogen (secondary N) is 2. The molecule has 90 valence electrons. The molecule has 0 heterocycles. The summed E-state index contributed by atoms with van der Waals surface area (Å²) in [4.78, 5) is 21.8. The van der Waals surface area contributed by atoms with Crippen LogP contribution in [0.15, 0.2) is 0 Å². The minimum absolute atomic E-state index is 0.0676. The second-order valence-electron chi connectivity index (χ2n) is 3.63. The van der Waals surface area contributed by atoms with Gasteiger partial charge in [0, 0.05) is 18.5 Å². The molecule has 0 aliphatic carbocycles. The highest BCUT2D eigenvalue weighted by Crippen LogP contribution is 1.96. The van der Waals surface area contributed by atoms with E-state index in [4.69, 9.17) is 11.5 Å². The summed E-state index contributed by atoms with van der Waals surface area (Å²) < 4.78 is 0. The number of urea groups is 1. The predicted octanol–water partition coefficient (Wildman–Crippen LogP) is 0.951. The van der Waals surface area contributed by atoms with Crippen LogP contribution in [-0.2, 0) is 4.79 Å². The summed E-state index contributed by atoms with van der Waals surface area (Å²) in [5.74, 6) is 1.53. The first-order valence-corrected chi connectivity index (χ1v) is 5.21. The zero-order chi connectivity index (χ0) is 12.6. The molecule has 5 heteroatoms. The third-order valence-corrected chi connectivity index (χ3v) is 2.05. The summed E-state index contributed by atoms with van der Waals surface area (Å²) in [6, 6.07) is -0.848. The zero-order valence-corrected chi connectivity index (χ0v) is 9.62. The molecule has 0 aromatic carbocycles. The molecule has 0 aliphatic rings. The Balaban J connectivity index is 3.97. The van der Waals surface area contributed by atoms with Crippen molar-refractivity contribution in [3.05, 3.63) is 0 Å². The Kier molecular flexibility index (Phi) is 6.77. The number of hydrogen-bond donors (Lipinski definition) is 3. The minimum atomic E-state index is -0.941. The van der Waals surface area contributed by atoms with Crippen molar-refractivity contribution in [2.24, 2.45) is 0 Å². The topological polar surface area (TPSA) is 78.4 Å². The Morgan fingerprint density at radius 3 is 2.50 bits per heavy atom. The zero-order valence-electron chi connectivity index (χ0n) is 9.62. The first-order chi connectivity index (χ1) is 7.49. The van der Waals surface area contributed by atoms with Gasteiger partial charge in [-0.25, -0.2) is 4.79 Å². The molecule has 2 unspecified atom stereocenters. The maximum atomic E-state index is 11.4. The van der Waals surface area contributed by atoms with Crippen molar-refractivity contribution in [2.75, 3.05) is 0 Å². The molecule has 0 radical (unpaired) electrons. The maximum Gasteiger partial charge on any atom is 0.315 e. The van der Waals surface area contributed by atoms with Crippen LogP contribution in [0.25, 0.3) is 0 Å². The summed E-state index contributed by atoms with van der Waals surface area (Å²) in [6.07, 6.45) is 6.26. The molecule has 0 saturated heterocycles. The normalized spacial score (nSPS) is 13.3. The number of amides is 2. The van der Waals surface area contributed by atoms with E-state index in [9.17, 15) is 9.59 Å². The number of carboxylic acids is 1. The Morgan fingerprint density at radius 2 is 2.06 bits per heavy atom. The van der Waals surface area contributed by atoms with Crippen molar-refractivity contribution in [3.8, 4) is 12.3 Å². The van der Waals surface area contributed by atoms with Crippen molar-refractivity contribution >= 4 is 12.0 Å². The van der Waals surface area contributed by atoms with Crippen LogP contribution in [0.5, 0.6) is 0 Å². The van der Waals surface area contributed by atoms with Gasteiger partial charge in [0.1, 0.15) is 0 Å². The Morgan fingerprint density at radius 1 is 1.44 bits per heavy atom. The highest BCUT2D eigenvalue weighted by atomic mass is 16.4. The average Bonchev–Trinajstić information content (AvgIpc) is 2.15. The van der Waals surface area contributed by atoms with Crippen LogP contribution in [0.2, 0.25) is 0 Å². The molecule has 2 atom stereocenters. The van der Waals surface area contributed by atoms with Gasteiger partial charge in [-0.2, -0.15) is 0 Å². The van der Waals surface area contributed by atoms with Gasteiger partial charge >= 0.3 is 12.0 Å². The van der Waals surface area contributed by atoms with E-state index in [2.05, 4.69) is 16.6 Å². The standard InChI is InChI=1S/C11H18N2O3/c1-4-6-9(5-2)13-11(16)12-8(3)7-10(14)15/h1,8-9H,5-7H2,2-3H3,(H,14,15)(H2,12,13,16). The monoisotopic (exact) mass is 226 g/mol. The predicted molar refractivity (Wildman–Crippen MR) is 60.9 cm³/mol. The lowest BCUT2D eigenvalue weighted by Crippen LogP contribution is -2.45. The fourth-order valence-corrected chi connectivity index (χ4v) is 1.20. The van der Waals surface area contributed by atoms with Gasteiger partial charge in [-0.1, -0.05) is 6.92 Å². The van der Waals surface area contributed by atoms with E-state index in [1.807, 2.05) is 6.92 Å². The first kappa shape index (κ1) is 14.3. The lowest BCUT2D eigenvalue weighted by Gasteiger charge is -2.17. The fourth-order valence-electron chi connectivity index (χ4n) is 1.20. The number of carbonyl (C=O) groups excluding carboxylic acids is 1. The summed E-state index contributed by atoms with van der Waals surface area (Å²) in [6.45, 7) is 3.55. The molecule has 0 fully saturated rings. The number of aliphatic carboxylic acids is 1. The Hall–Kier alpha value is -1.70. The molecule has 0 aromatic heterocycles. The van der Waals surface area contributed by atoms with Crippen molar-refractivity contribution in [2.45, 2.75) is 45.2 Å². The van der Waals surface area contributed by atoms with Gasteiger partial charge in [-0.3, -0.25) is 4.79 Å². The van der Waals surface area contributed by atoms with Crippen LogP contribution >= 0.6 is 0 Å². The molecular weight excluding hydrogens is 208 g/mol. The van der Waals surface area contributed by atoms with E-state index in [0.717, 1.165) is 6.42 Å². The third kappa shape index (κ3) is 6.71. The third-order valence-electron chi connectivity index (χ3n) is 2.05. The van der Waals surface area contributed by atoms with Gasteiger partial charge in [0.15, 0.2) is 0 Å². The average molecular weight is 226 g/mol. The van der Waals surface area contributed by atoms with E-state index >= 15 is 0 Å². The van der Waals surface area contributed by atoms with Crippen LogP contribution in [0.1, 0.15) is 33.1 Å². The minimum Gasteiger partial charge on any atom is -0.481 e. The van der Waals surface area contributed by atoms with Gasteiger partial charge in [0.05, 0.1) is 6.42 Å². The van der Waals surface area contributed by atoms with Gasteiger partial charge in [0.2, 0.25) is 0 Å². The Labute approximate surface area is 95.6 Å². The van der Waals surface area contributed by atoms with Gasteiger partial charge in [-0.15, -0.1) is 12.3 Å². The van der Waals surface area contributed by atoms with Crippen LogP contribution in [0, 0.1) is 12.3 Å². The number of carbonyl (C=O) groups is 2. The van der Waals surface area contributed by atoms with E-state index < -0.39 is 12.0 Å². The van der Waals surface area contributed by atoms with Gasteiger partial charge < -0.3 is 15.7 Å². The maximum absolute atomic E-state index is 11.4. The number of terminal acetylenes is 1. The molecule has 0 rings (SSSR count). The van der Waals surface area contributed by atoms with E-state index in [0.29, 0.717) is 6.42 Å². The van der Waals surface area contributed by atoms with Crippen molar-refractivity contribution in [3.63, 3.8) is 0 Å². The highest BCUT2D eigenvalue weighted by Gasteiger charge is 2.13. The summed E-state index contributed by atoms with van der Waals surface area (Å²) in [5, 5.41) is 13.7. The van der Waals surface area contributed by atoms with E-state index in [1.165, 1.54) is 0 Å². The molecule has 0 aliphatic heterocycles. The van der Waals surface area contributed by atoms with Crippen LogP contribution in [0.3, 0.4) is 0 Å². The molecule has 0 spiro atoms. The number of rotatable bonds is 6. The molecule has 0 saturated carbocycles. The number of carboxylic acid groups (broad SMARTS) is 1. The highest BCUT2D eigenvalue weighted by molar-refractivity contribution is 5.75. The van der Waals surface area contributed by atoms with Crippen LogP contribution in [-0.4, -0.2) is 29.2 Å². The van der Waals surface area contributed by atoms with Crippen LogP contribution < -0.4 is 10.6 Å². The fraction of sp³-hybridized carbons (Fsp3) is 0.636. The molecule has 3 N–H and O–H groups in total. The number of hydrogen-bond acceptors (Lipinski definition) is 2. The first-order valence-electron chi connectivity index (χ1n) is 5.21. The molecule has 2 amide bonds. The molecule has 0 bridgehead atoms. The Bertz CT molecular complexity index is 283. The SMILES string of the molecule is C#CCC(CC)NC(=O)NC(C)CC(=O)O. The largest absolute Gasteiger partial charge is 0.481 e. The summed E-state index contributed by atoms with van der Waals surface area (Å²) in [7, 11) is 0. The lowest BCUT2D eigenvalue weighted by molar-refractivity contribution is -0.137. The van der Waals surface area contributed by atoms with Crippen molar-refractivity contribution in [1.29, 1.82) is 0 Å². The second kappa shape index (κ2) is 7.57. The van der Waals surface area contributed by atoms with Crippen molar-refractivity contribution in [1.82, 2.24) is 10.6 Å². The molecule has 16 heavy (non-hydrogen) atoms. The quantitative estimate of drug-likeness (QED) is 0.590. The summed E-state index contributed by atoms with van der Waals surface area (Å²) >= 11 is 0.